The van der Waals surface area contributed by atoms with E-state index >= 15 is 0 Å². The lowest BCUT2D eigenvalue weighted by atomic mass is 9.91. The molecule has 2 unspecified atom stereocenters. The van der Waals surface area contributed by atoms with E-state index in [0.717, 1.165) is 12.2 Å². The van der Waals surface area contributed by atoms with Gasteiger partial charge in [-0.3, -0.25) is 33.6 Å². The van der Waals surface area contributed by atoms with Gasteiger partial charge in [-0.15, -0.1) is 0 Å². The van der Waals surface area contributed by atoms with Crippen LogP contribution in [0, 0.1) is 11.8 Å². The highest BCUT2D eigenvalue weighted by molar-refractivity contribution is 7.99. The molecule has 60 heavy (non-hydrogen) atoms. The minimum Gasteiger partial charge on any atom is -0.481 e. The second kappa shape index (κ2) is 39.1. The third-order valence-electron chi connectivity index (χ3n) is 7.20. The average molecular weight is 897 g/mol. The number of carboxylic acids is 2. The van der Waals surface area contributed by atoms with Crippen LogP contribution >= 0.6 is 23.5 Å². The Bertz CT molecular complexity index is 1290. The number of amides is 6. The molecule has 2 atom stereocenters. The van der Waals surface area contributed by atoms with Gasteiger partial charge in [0.2, 0.25) is 35.4 Å². The van der Waals surface area contributed by atoms with Crippen molar-refractivity contribution < 1.29 is 48.6 Å². The van der Waals surface area contributed by atoms with Crippen LogP contribution in [0.15, 0.2) is 25.3 Å². The molecule has 0 rings (SSSR count). The minimum atomic E-state index is -1.10. The van der Waals surface area contributed by atoms with Crippen molar-refractivity contribution in [3.05, 3.63) is 25.3 Å². The molecule has 354 valence electrons. The molecule has 0 bridgehead atoms. The topological polar surface area (TPSA) is 249 Å². The summed E-state index contributed by atoms with van der Waals surface area (Å²) >= 11 is 3.18. The summed E-state index contributed by atoms with van der Waals surface area (Å²) in [4.78, 5) is 91.3. The number of carboxylic acid groups (broad SMARTS) is 2. The number of hydrogen-bond acceptors (Lipinski definition) is 10. The van der Waals surface area contributed by atoms with E-state index in [1.54, 1.807) is 58.1 Å². The van der Waals surface area contributed by atoms with Gasteiger partial charge in [-0.25, -0.2) is 4.79 Å². The van der Waals surface area contributed by atoms with E-state index in [9.17, 15) is 38.4 Å². The fourth-order valence-corrected chi connectivity index (χ4v) is 5.67. The number of nitrogens with one attached hydrogen (secondary N) is 6. The fraction of sp³-hybridized carbons (Fsp3) is 0.714. The van der Waals surface area contributed by atoms with Crippen LogP contribution in [-0.4, -0.2) is 117 Å². The Morgan fingerprint density at radius 1 is 0.633 bits per heavy atom. The molecule has 18 heteroatoms. The van der Waals surface area contributed by atoms with Gasteiger partial charge in [-0.05, 0) is 74.3 Å². The fourth-order valence-electron chi connectivity index (χ4n) is 4.11. The van der Waals surface area contributed by atoms with Crippen LogP contribution in [0.3, 0.4) is 0 Å². The van der Waals surface area contributed by atoms with Crippen molar-refractivity contribution in [2.45, 2.75) is 148 Å². The van der Waals surface area contributed by atoms with Crippen LogP contribution in [0.5, 0.6) is 0 Å². The second-order valence-electron chi connectivity index (χ2n) is 14.2. The van der Waals surface area contributed by atoms with Gasteiger partial charge in [0.15, 0.2) is 0 Å². The lowest BCUT2D eigenvalue weighted by Crippen LogP contribution is -2.56. The molecule has 0 aromatic rings. The molecule has 0 saturated carbocycles. The highest BCUT2D eigenvalue weighted by Gasteiger charge is 2.32. The Kier molecular flexibility index (Phi) is 45.9. The molecule has 0 aromatic heterocycles. The molecule has 0 aliphatic heterocycles. The van der Waals surface area contributed by atoms with Gasteiger partial charge >= 0.3 is 11.9 Å². The molecule has 8 N–H and O–H groups in total. The smallest absolute Gasteiger partial charge is 0.327 e. The average Bonchev–Trinajstić information content (AvgIpc) is 3.08. The Hall–Kier alpha value is -4.06. The zero-order valence-corrected chi connectivity index (χ0v) is 36.6. The summed E-state index contributed by atoms with van der Waals surface area (Å²) in [7, 11) is 0. The van der Waals surface area contributed by atoms with E-state index in [1.165, 1.54) is 0 Å². The van der Waals surface area contributed by atoms with Crippen molar-refractivity contribution >= 4 is 70.9 Å². The maximum atomic E-state index is 12.5. The first-order valence-electron chi connectivity index (χ1n) is 18.5. The highest BCUT2D eigenvalue weighted by atomic mass is 32.2. The van der Waals surface area contributed by atoms with Crippen molar-refractivity contribution in [2.75, 3.05) is 36.1 Å². The number of carbonyl (C=O) groups is 8. The number of rotatable bonds is 25. The van der Waals surface area contributed by atoms with E-state index in [0.29, 0.717) is 55.4 Å². The van der Waals surface area contributed by atoms with E-state index in [4.69, 9.17) is 10.2 Å². The maximum absolute atomic E-state index is 12.5. The molecule has 6 amide bonds. The monoisotopic (exact) mass is 897 g/mol. The van der Waals surface area contributed by atoms with Crippen LogP contribution in [0.2, 0.25) is 0 Å². The van der Waals surface area contributed by atoms with Crippen molar-refractivity contribution in [1.82, 2.24) is 31.9 Å². The first-order chi connectivity index (χ1) is 25.9. The van der Waals surface area contributed by atoms with Gasteiger partial charge < -0.3 is 42.1 Å². The molecule has 0 radical (unpaired) electrons. The molecule has 0 saturated heterocycles. The van der Waals surface area contributed by atoms with Gasteiger partial charge in [0.05, 0.1) is 5.92 Å². The molecular formula is C42H84N6O10S2. The lowest BCUT2D eigenvalue weighted by Gasteiger charge is -2.28. The first kappa shape index (κ1) is 70.5. The van der Waals surface area contributed by atoms with Gasteiger partial charge in [-0.2, -0.15) is 23.5 Å². The summed E-state index contributed by atoms with van der Waals surface area (Å²) in [6.45, 7) is 24.8. The summed E-state index contributed by atoms with van der Waals surface area (Å²) in [6.07, 6.45) is 3.61. The quantitative estimate of drug-likeness (QED) is 0.0423. The SMILES string of the molecule is C.C.C.C.C=CC(=O)NC(C)(C)C(=O)NCCSCCC(=O)NC(C)C.C=CC(=O)O.CCC(CC(C)C(=O)O)C(=O)NC(C)(C)C(=O)NCCSCCC(=O)NC(C)C. The van der Waals surface area contributed by atoms with E-state index in [1.807, 2.05) is 34.6 Å². The second-order valence-corrected chi connectivity index (χ2v) is 16.7. The van der Waals surface area contributed by atoms with Crippen LogP contribution in [0.25, 0.3) is 0 Å². The third-order valence-corrected chi connectivity index (χ3v) is 9.17. The minimum absolute atomic E-state index is 0. The predicted octanol–water partition coefficient (Wildman–Crippen LogP) is 5.42. The van der Waals surface area contributed by atoms with Gasteiger partial charge in [-0.1, -0.05) is 56.7 Å². The van der Waals surface area contributed by atoms with Crippen molar-refractivity contribution in [1.29, 1.82) is 0 Å². The van der Waals surface area contributed by atoms with Crippen LogP contribution in [-0.2, 0) is 38.4 Å². The van der Waals surface area contributed by atoms with Gasteiger partial charge in [0.25, 0.3) is 0 Å². The Labute approximate surface area is 371 Å². The Morgan fingerprint density at radius 2 is 1.00 bits per heavy atom. The van der Waals surface area contributed by atoms with E-state index in [2.05, 4.69) is 45.1 Å². The number of aliphatic carboxylic acids is 2. The summed E-state index contributed by atoms with van der Waals surface area (Å²) in [5, 5.41) is 33.1. The van der Waals surface area contributed by atoms with Crippen molar-refractivity contribution in [3.8, 4) is 0 Å². The maximum Gasteiger partial charge on any atom is 0.327 e. The zero-order chi connectivity index (χ0) is 44.1. The molecule has 0 spiro atoms. The molecule has 0 aliphatic carbocycles. The number of hydrogen-bond donors (Lipinski definition) is 8. The van der Waals surface area contributed by atoms with Crippen LogP contribution in [0.4, 0.5) is 0 Å². The summed E-state index contributed by atoms with van der Waals surface area (Å²) < 4.78 is 0. The Balaban J connectivity index is -0.000000162. The summed E-state index contributed by atoms with van der Waals surface area (Å²) in [6, 6.07) is 0.286. The molecule has 0 heterocycles. The van der Waals surface area contributed by atoms with Crippen molar-refractivity contribution in [3.63, 3.8) is 0 Å². The molecule has 0 aliphatic rings. The van der Waals surface area contributed by atoms with E-state index in [-0.39, 0.29) is 83.7 Å². The molecular weight excluding hydrogens is 813 g/mol. The predicted molar refractivity (Wildman–Crippen MR) is 251 cm³/mol. The molecule has 0 fully saturated rings. The molecule has 0 aromatic carbocycles. The van der Waals surface area contributed by atoms with Gasteiger partial charge in [0.1, 0.15) is 11.1 Å². The molecule has 16 nitrogen and oxygen atoms in total. The number of carbonyl (C=O) groups excluding carboxylic acids is 6. The number of thioether (sulfide) groups is 2. The summed E-state index contributed by atoms with van der Waals surface area (Å²) in [5.74, 6) is -1.42. The third kappa shape index (κ3) is 39.4. The Morgan fingerprint density at radius 3 is 1.30 bits per heavy atom. The first-order valence-corrected chi connectivity index (χ1v) is 20.8. The lowest BCUT2D eigenvalue weighted by molar-refractivity contribution is -0.142. The zero-order valence-electron chi connectivity index (χ0n) is 34.9. The summed E-state index contributed by atoms with van der Waals surface area (Å²) in [5.41, 5.74) is -2.08. The van der Waals surface area contributed by atoms with Crippen LogP contribution in [0.1, 0.15) is 125 Å². The van der Waals surface area contributed by atoms with Gasteiger partial charge in [0, 0.05) is 73.0 Å². The highest BCUT2D eigenvalue weighted by Crippen LogP contribution is 2.18. The van der Waals surface area contributed by atoms with E-state index < -0.39 is 34.9 Å². The van der Waals surface area contributed by atoms with Crippen molar-refractivity contribution in [2.24, 2.45) is 11.8 Å². The standard InChI is InChI=1S/C20H37N3O5S.C15H27N3O3S.C3H4O2.4CH4/c1-7-15(12-14(4)18(26)27)17(25)23-20(5,6)19(28)21-9-11-29-10-8-16(24)22-13(2)3;1-6-12(19)18-15(4,5)14(21)16-8-10-22-9-7-13(20)17-11(2)3;1-2-3(4)5;;;;/h13-15H,7-12H2,1-6H3,(H,21,28)(H,22,24)(H,23,25)(H,26,27);6,11H,1,7-10H2,2-5H3,(H,16,21)(H,17,20)(H,18,19);2H,1H2,(H,4,5);4*1H4. The largest absolute Gasteiger partial charge is 0.481 e. The van der Waals surface area contributed by atoms with Crippen LogP contribution < -0.4 is 31.9 Å². The normalized spacial score (nSPS) is 11.1.